The molecule has 4 nitrogen and oxygen atoms in total. The number of hydrogen-bond acceptors (Lipinski definition) is 4. The van der Waals surface area contributed by atoms with E-state index in [1.54, 1.807) is 0 Å². The summed E-state index contributed by atoms with van der Waals surface area (Å²) in [4.78, 5) is 0. The van der Waals surface area contributed by atoms with Gasteiger partial charge in [0.15, 0.2) is 0 Å². The van der Waals surface area contributed by atoms with Crippen LogP contribution in [0, 0.1) is 0 Å². The summed E-state index contributed by atoms with van der Waals surface area (Å²) >= 11 is 0. The molecule has 0 aromatic heterocycles. The van der Waals surface area contributed by atoms with Crippen molar-refractivity contribution < 1.29 is 0 Å². The molecule has 2 aliphatic rings. The SMILES string of the molecule is C1NC2CC(N1)NCN2. The third kappa shape index (κ3) is 1.07. The molecule has 0 aliphatic carbocycles. The topological polar surface area (TPSA) is 48.1 Å². The molecule has 0 aromatic carbocycles. The first-order chi connectivity index (χ1) is 4.45. The van der Waals surface area contributed by atoms with Crippen LogP contribution in [0.3, 0.4) is 0 Å². The predicted molar refractivity (Wildman–Crippen MR) is 34.5 cm³/mol. The van der Waals surface area contributed by atoms with Crippen molar-refractivity contribution in [3.63, 3.8) is 0 Å². The van der Waals surface area contributed by atoms with Crippen LogP contribution < -0.4 is 21.3 Å². The lowest BCUT2D eigenvalue weighted by atomic mass is 10.2. The van der Waals surface area contributed by atoms with Crippen LogP contribution in [-0.2, 0) is 0 Å². The van der Waals surface area contributed by atoms with E-state index in [-0.39, 0.29) is 0 Å². The fourth-order valence-electron chi connectivity index (χ4n) is 1.32. The quantitative estimate of drug-likeness (QED) is 0.315. The van der Waals surface area contributed by atoms with E-state index in [0.29, 0.717) is 12.3 Å². The highest BCUT2D eigenvalue weighted by atomic mass is 15.3. The highest BCUT2D eigenvalue weighted by Gasteiger charge is 2.23. The molecule has 2 heterocycles. The standard InChI is InChI=1S/C5H12N4/c1-4-6-2-7-5(1)9-3-8-4/h4-9H,1-3H2. The maximum absolute atomic E-state index is 3.29. The third-order valence-corrected chi connectivity index (χ3v) is 1.87. The van der Waals surface area contributed by atoms with Gasteiger partial charge in [-0.2, -0.15) is 0 Å². The van der Waals surface area contributed by atoms with Gasteiger partial charge in [-0.05, 0) is 0 Å². The summed E-state index contributed by atoms with van der Waals surface area (Å²) in [6.45, 7) is 1.82. The lowest BCUT2D eigenvalue weighted by Crippen LogP contribution is -2.66. The van der Waals surface area contributed by atoms with Gasteiger partial charge < -0.3 is 0 Å². The number of nitrogens with one attached hydrogen (secondary N) is 4. The van der Waals surface area contributed by atoms with E-state index < -0.39 is 0 Å². The van der Waals surface area contributed by atoms with Crippen LogP contribution in [0.15, 0.2) is 0 Å². The average Bonchev–Trinajstić information content (AvgIpc) is 1.88. The van der Waals surface area contributed by atoms with Crippen molar-refractivity contribution in [2.75, 3.05) is 13.3 Å². The molecule has 52 valence electrons. The van der Waals surface area contributed by atoms with Crippen LogP contribution in [0.25, 0.3) is 0 Å². The van der Waals surface area contributed by atoms with Gasteiger partial charge in [-0.25, -0.2) is 0 Å². The van der Waals surface area contributed by atoms with Gasteiger partial charge in [-0.1, -0.05) is 0 Å². The van der Waals surface area contributed by atoms with Crippen molar-refractivity contribution in [1.29, 1.82) is 0 Å². The second kappa shape index (κ2) is 2.22. The summed E-state index contributed by atoms with van der Waals surface area (Å²) in [5.74, 6) is 0. The molecule has 4 heteroatoms. The summed E-state index contributed by atoms with van der Waals surface area (Å²) in [5.41, 5.74) is 0. The van der Waals surface area contributed by atoms with Gasteiger partial charge in [0.2, 0.25) is 0 Å². The summed E-state index contributed by atoms with van der Waals surface area (Å²) in [6.07, 6.45) is 2.19. The summed E-state index contributed by atoms with van der Waals surface area (Å²) < 4.78 is 0. The van der Waals surface area contributed by atoms with Gasteiger partial charge in [0, 0.05) is 19.8 Å². The van der Waals surface area contributed by atoms with E-state index in [9.17, 15) is 0 Å². The molecule has 0 atom stereocenters. The highest BCUT2D eigenvalue weighted by molar-refractivity contribution is 4.81. The lowest BCUT2D eigenvalue weighted by Gasteiger charge is -2.37. The number of hydrogen-bond donors (Lipinski definition) is 4. The van der Waals surface area contributed by atoms with Crippen LogP contribution in [0.4, 0.5) is 0 Å². The van der Waals surface area contributed by atoms with Gasteiger partial charge in [-0.3, -0.25) is 21.3 Å². The van der Waals surface area contributed by atoms with Gasteiger partial charge in [0.25, 0.3) is 0 Å². The zero-order valence-corrected chi connectivity index (χ0v) is 5.28. The monoisotopic (exact) mass is 128 g/mol. The minimum Gasteiger partial charge on any atom is -0.289 e. The van der Waals surface area contributed by atoms with Crippen molar-refractivity contribution in [1.82, 2.24) is 21.3 Å². The van der Waals surface area contributed by atoms with Crippen molar-refractivity contribution in [3.05, 3.63) is 0 Å². The predicted octanol–water partition coefficient (Wildman–Crippen LogP) is -1.67. The summed E-state index contributed by atoms with van der Waals surface area (Å²) in [6, 6.07) is 0. The van der Waals surface area contributed by atoms with E-state index in [0.717, 1.165) is 19.8 Å². The Bertz CT molecular complexity index is 85.1. The minimum absolute atomic E-state index is 0.525. The van der Waals surface area contributed by atoms with Crippen LogP contribution >= 0.6 is 0 Å². The van der Waals surface area contributed by atoms with Gasteiger partial charge in [-0.15, -0.1) is 0 Å². The van der Waals surface area contributed by atoms with E-state index >= 15 is 0 Å². The molecule has 4 N–H and O–H groups in total. The first-order valence-electron chi connectivity index (χ1n) is 3.39. The Balaban J connectivity index is 1.96. The molecule has 0 saturated carbocycles. The van der Waals surface area contributed by atoms with E-state index in [2.05, 4.69) is 21.3 Å². The first kappa shape index (κ1) is 5.61. The molecular formula is C5H12N4. The maximum Gasteiger partial charge on any atom is 0.0619 e. The van der Waals surface area contributed by atoms with Crippen LogP contribution in [-0.4, -0.2) is 25.7 Å². The second-order valence-corrected chi connectivity index (χ2v) is 2.51. The van der Waals surface area contributed by atoms with Crippen molar-refractivity contribution in [2.45, 2.75) is 18.8 Å². The highest BCUT2D eigenvalue weighted by Crippen LogP contribution is 2.00. The Morgan fingerprint density at radius 2 is 1.22 bits per heavy atom. The molecule has 0 unspecified atom stereocenters. The minimum atomic E-state index is 0.525. The molecule has 0 spiro atoms. The van der Waals surface area contributed by atoms with E-state index in [4.69, 9.17) is 0 Å². The zero-order valence-electron chi connectivity index (χ0n) is 5.28. The van der Waals surface area contributed by atoms with Crippen LogP contribution in [0.5, 0.6) is 0 Å². The Kier molecular flexibility index (Phi) is 1.39. The molecular weight excluding hydrogens is 116 g/mol. The molecule has 2 bridgehead atoms. The molecule has 2 rings (SSSR count). The summed E-state index contributed by atoms with van der Waals surface area (Å²) in [5, 5.41) is 13.2. The molecule has 0 radical (unpaired) electrons. The van der Waals surface area contributed by atoms with Gasteiger partial charge >= 0.3 is 0 Å². The second-order valence-electron chi connectivity index (χ2n) is 2.51. The third-order valence-electron chi connectivity index (χ3n) is 1.87. The fraction of sp³-hybridized carbons (Fsp3) is 1.00. The fourth-order valence-corrected chi connectivity index (χ4v) is 1.32. The van der Waals surface area contributed by atoms with Crippen LogP contribution in [0.2, 0.25) is 0 Å². The number of fused-ring (bicyclic) bond motifs is 2. The van der Waals surface area contributed by atoms with Gasteiger partial charge in [0.1, 0.15) is 0 Å². The lowest BCUT2D eigenvalue weighted by molar-refractivity contribution is 0.196. The molecule has 0 amide bonds. The summed E-state index contributed by atoms with van der Waals surface area (Å²) in [7, 11) is 0. The average molecular weight is 128 g/mol. The Hall–Kier alpha value is -0.160. The van der Waals surface area contributed by atoms with Crippen molar-refractivity contribution >= 4 is 0 Å². The molecule has 2 fully saturated rings. The normalized spacial score (nSPS) is 42.7. The zero-order chi connectivity index (χ0) is 6.10. The van der Waals surface area contributed by atoms with Gasteiger partial charge in [0.05, 0.1) is 12.3 Å². The smallest absolute Gasteiger partial charge is 0.0619 e. The molecule has 2 saturated heterocycles. The molecule has 9 heavy (non-hydrogen) atoms. The first-order valence-corrected chi connectivity index (χ1v) is 3.39. The Labute approximate surface area is 54.4 Å². The van der Waals surface area contributed by atoms with Crippen LogP contribution in [0.1, 0.15) is 6.42 Å². The molecule has 2 aliphatic heterocycles. The Morgan fingerprint density at radius 1 is 0.778 bits per heavy atom. The van der Waals surface area contributed by atoms with E-state index in [1.807, 2.05) is 0 Å². The number of rotatable bonds is 0. The van der Waals surface area contributed by atoms with E-state index in [1.165, 1.54) is 0 Å². The molecule has 0 aromatic rings. The van der Waals surface area contributed by atoms with Crippen molar-refractivity contribution in [2.24, 2.45) is 0 Å². The maximum atomic E-state index is 3.29. The largest absolute Gasteiger partial charge is 0.289 e. The van der Waals surface area contributed by atoms with Crippen molar-refractivity contribution in [3.8, 4) is 0 Å². The Morgan fingerprint density at radius 3 is 1.56 bits per heavy atom.